The second-order valence-electron chi connectivity index (χ2n) is 6.47. The Balaban J connectivity index is 1.53. The second-order valence-corrected chi connectivity index (χ2v) is 6.47. The standard InChI is InChI=1S/C19H20N6O2/c1-13-4-3-5-15(22-13)19(26)25-9-6-17-14(11-25)16(23-24(17)2)12-27-18-10-20-7-8-21-18/h3-5,7-8,10H,6,9,11-12H2,1-2H3. The monoisotopic (exact) mass is 364 g/mol. The molecule has 8 heteroatoms. The summed E-state index contributed by atoms with van der Waals surface area (Å²) in [7, 11) is 1.92. The molecule has 0 aromatic carbocycles. The van der Waals surface area contributed by atoms with E-state index < -0.39 is 0 Å². The fourth-order valence-corrected chi connectivity index (χ4v) is 3.29. The van der Waals surface area contributed by atoms with Gasteiger partial charge in [-0.15, -0.1) is 0 Å². The molecule has 27 heavy (non-hydrogen) atoms. The van der Waals surface area contributed by atoms with E-state index in [-0.39, 0.29) is 12.5 Å². The predicted octanol–water partition coefficient (Wildman–Crippen LogP) is 1.69. The number of hydrogen-bond donors (Lipinski definition) is 0. The maximum Gasteiger partial charge on any atom is 0.272 e. The Hall–Kier alpha value is -3.29. The third-order valence-electron chi connectivity index (χ3n) is 4.62. The van der Waals surface area contributed by atoms with Crippen molar-refractivity contribution in [1.82, 2.24) is 29.6 Å². The van der Waals surface area contributed by atoms with Gasteiger partial charge >= 0.3 is 0 Å². The molecule has 0 aliphatic carbocycles. The molecule has 1 amide bonds. The van der Waals surface area contributed by atoms with Crippen molar-refractivity contribution < 1.29 is 9.53 Å². The van der Waals surface area contributed by atoms with Crippen molar-refractivity contribution >= 4 is 5.91 Å². The first-order chi connectivity index (χ1) is 13.1. The van der Waals surface area contributed by atoms with Crippen LogP contribution in [0, 0.1) is 6.92 Å². The first-order valence-electron chi connectivity index (χ1n) is 8.77. The Morgan fingerprint density at radius 2 is 2.19 bits per heavy atom. The molecular formula is C19H20N6O2. The minimum atomic E-state index is -0.0611. The molecular weight excluding hydrogens is 344 g/mol. The summed E-state index contributed by atoms with van der Waals surface area (Å²) in [6, 6.07) is 5.50. The summed E-state index contributed by atoms with van der Waals surface area (Å²) < 4.78 is 7.57. The van der Waals surface area contributed by atoms with Gasteiger partial charge in [0.1, 0.15) is 18.0 Å². The second kappa shape index (κ2) is 7.14. The highest BCUT2D eigenvalue weighted by Gasteiger charge is 2.28. The molecule has 0 bridgehead atoms. The molecule has 0 unspecified atom stereocenters. The SMILES string of the molecule is Cc1cccc(C(=O)N2CCc3c(c(COc4cnccn4)nn3C)C2)n1. The van der Waals surface area contributed by atoms with E-state index in [1.54, 1.807) is 24.7 Å². The summed E-state index contributed by atoms with van der Waals surface area (Å²) in [5.41, 5.74) is 4.29. The molecule has 3 aromatic rings. The Morgan fingerprint density at radius 1 is 1.30 bits per heavy atom. The van der Waals surface area contributed by atoms with Gasteiger partial charge in [0.25, 0.3) is 5.91 Å². The Morgan fingerprint density at radius 3 is 2.96 bits per heavy atom. The first-order valence-corrected chi connectivity index (χ1v) is 8.77. The summed E-state index contributed by atoms with van der Waals surface area (Å²) in [5.74, 6) is 0.388. The molecule has 4 rings (SSSR count). The summed E-state index contributed by atoms with van der Waals surface area (Å²) in [6.07, 6.45) is 5.49. The van der Waals surface area contributed by atoms with Crippen LogP contribution < -0.4 is 4.74 Å². The van der Waals surface area contributed by atoms with Gasteiger partial charge in [0.05, 0.1) is 6.20 Å². The summed E-state index contributed by atoms with van der Waals surface area (Å²) in [4.78, 5) is 27.1. The summed E-state index contributed by atoms with van der Waals surface area (Å²) in [5, 5.41) is 4.58. The number of amides is 1. The fourth-order valence-electron chi connectivity index (χ4n) is 3.29. The van der Waals surface area contributed by atoms with Gasteiger partial charge < -0.3 is 9.64 Å². The molecule has 0 saturated carbocycles. The van der Waals surface area contributed by atoms with Crippen molar-refractivity contribution in [3.8, 4) is 5.88 Å². The van der Waals surface area contributed by atoms with Crippen molar-refractivity contribution in [3.63, 3.8) is 0 Å². The number of aryl methyl sites for hydroxylation is 2. The molecule has 0 spiro atoms. The highest BCUT2D eigenvalue weighted by molar-refractivity contribution is 5.92. The average molecular weight is 364 g/mol. The molecule has 1 aliphatic rings. The molecule has 0 saturated heterocycles. The van der Waals surface area contributed by atoms with Crippen LogP contribution in [0.15, 0.2) is 36.8 Å². The maximum absolute atomic E-state index is 12.8. The quantitative estimate of drug-likeness (QED) is 0.700. The molecule has 138 valence electrons. The Kier molecular flexibility index (Phi) is 4.53. The highest BCUT2D eigenvalue weighted by Crippen LogP contribution is 2.24. The van der Waals surface area contributed by atoms with Crippen LogP contribution in [-0.2, 0) is 26.6 Å². The lowest BCUT2D eigenvalue weighted by Gasteiger charge is -2.27. The largest absolute Gasteiger partial charge is 0.470 e. The van der Waals surface area contributed by atoms with E-state index in [9.17, 15) is 4.79 Å². The predicted molar refractivity (Wildman–Crippen MR) is 97.0 cm³/mol. The molecule has 3 aromatic heterocycles. The lowest BCUT2D eigenvalue weighted by molar-refractivity contribution is 0.0726. The normalized spacial score (nSPS) is 13.3. The topological polar surface area (TPSA) is 86.0 Å². The number of aromatic nitrogens is 5. The summed E-state index contributed by atoms with van der Waals surface area (Å²) >= 11 is 0. The van der Waals surface area contributed by atoms with E-state index in [0.717, 1.165) is 29.1 Å². The third kappa shape index (κ3) is 3.51. The van der Waals surface area contributed by atoms with Gasteiger partial charge in [-0.05, 0) is 19.1 Å². The minimum Gasteiger partial charge on any atom is -0.470 e. The van der Waals surface area contributed by atoms with Crippen molar-refractivity contribution in [3.05, 3.63) is 65.1 Å². The molecule has 0 radical (unpaired) electrons. The zero-order valence-electron chi connectivity index (χ0n) is 15.3. The molecule has 1 aliphatic heterocycles. The van der Waals surface area contributed by atoms with Gasteiger partial charge in [-0.25, -0.2) is 9.97 Å². The zero-order chi connectivity index (χ0) is 18.8. The van der Waals surface area contributed by atoms with E-state index >= 15 is 0 Å². The fraction of sp³-hybridized carbons (Fsp3) is 0.316. The molecule has 0 N–H and O–H groups in total. The average Bonchev–Trinajstić information content (AvgIpc) is 3.02. The lowest BCUT2D eigenvalue weighted by atomic mass is 10.0. The van der Waals surface area contributed by atoms with Crippen molar-refractivity contribution in [2.75, 3.05) is 6.54 Å². The number of carbonyl (C=O) groups excluding carboxylic acids is 1. The number of carbonyl (C=O) groups is 1. The van der Waals surface area contributed by atoms with E-state index in [2.05, 4.69) is 20.1 Å². The number of pyridine rings is 1. The van der Waals surface area contributed by atoms with Crippen molar-refractivity contribution in [2.45, 2.75) is 26.5 Å². The Bertz CT molecular complexity index is 970. The number of ether oxygens (including phenoxy) is 1. The van der Waals surface area contributed by atoms with E-state index in [1.165, 1.54) is 0 Å². The van der Waals surface area contributed by atoms with Crippen LogP contribution in [-0.4, -0.2) is 42.1 Å². The molecule has 4 heterocycles. The van der Waals surface area contributed by atoms with Gasteiger partial charge in [-0.3, -0.25) is 14.5 Å². The molecule has 0 atom stereocenters. The van der Waals surface area contributed by atoms with Gasteiger partial charge in [-0.1, -0.05) is 6.07 Å². The van der Waals surface area contributed by atoms with E-state index in [4.69, 9.17) is 4.74 Å². The summed E-state index contributed by atoms with van der Waals surface area (Å²) in [6.45, 7) is 3.31. The van der Waals surface area contributed by atoms with Crippen LogP contribution in [0.25, 0.3) is 0 Å². The maximum atomic E-state index is 12.8. The van der Waals surface area contributed by atoms with Gasteiger partial charge in [0.15, 0.2) is 0 Å². The third-order valence-corrected chi connectivity index (χ3v) is 4.62. The van der Waals surface area contributed by atoms with E-state index in [1.807, 2.05) is 35.7 Å². The van der Waals surface area contributed by atoms with E-state index in [0.29, 0.717) is 24.7 Å². The van der Waals surface area contributed by atoms with Gasteiger partial charge in [0, 0.05) is 55.9 Å². The number of nitrogens with zero attached hydrogens (tertiary/aromatic N) is 6. The molecule has 0 fully saturated rings. The zero-order valence-corrected chi connectivity index (χ0v) is 15.3. The minimum absolute atomic E-state index is 0.0611. The van der Waals surface area contributed by atoms with Crippen LogP contribution in [0.4, 0.5) is 0 Å². The van der Waals surface area contributed by atoms with Crippen LogP contribution in [0.1, 0.15) is 33.1 Å². The smallest absolute Gasteiger partial charge is 0.272 e. The van der Waals surface area contributed by atoms with Crippen LogP contribution in [0.2, 0.25) is 0 Å². The number of rotatable bonds is 4. The van der Waals surface area contributed by atoms with Crippen LogP contribution >= 0.6 is 0 Å². The van der Waals surface area contributed by atoms with Gasteiger partial charge in [-0.2, -0.15) is 5.10 Å². The van der Waals surface area contributed by atoms with Crippen LogP contribution in [0.5, 0.6) is 5.88 Å². The van der Waals surface area contributed by atoms with Crippen molar-refractivity contribution in [2.24, 2.45) is 7.05 Å². The van der Waals surface area contributed by atoms with Crippen LogP contribution in [0.3, 0.4) is 0 Å². The Labute approximate surface area is 156 Å². The first kappa shape index (κ1) is 17.1. The number of fused-ring (bicyclic) bond motifs is 1. The lowest BCUT2D eigenvalue weighted by Crippen LogP contribution is -2.37. The highest BCUT2D eigenvalue weighted by atomic mass is 16.5. The number of hydrogen-bond acceptors (Lipinski definition) is 6. The molecule has 8 nitrogen and oxygen atoms in total. The van der Waals surface area contributed by atoms with Gasteiger partial charge in [0.2, 0.25) is 5.88 Å². The van der Waals surface area contributed by atoms with Crippen molar-refractivity contribution in [1.29, 1.82) is 0 Å².